The van der Waals surface area contributed by atoms with E-state index in [1.807, 2.05) is 22.7 Å². The van der Waals surface area contributed by atoms with E-state index in [4.69, 9.17) is 4.74 Å². The second-order valence-corrected chi connectivity index (χ2v) is 5.98. The van der Waals surface area contributed by atoms with Gasteiger partial charge in [-0.15, -0.1) is 5.10 Å². The van der Waals surface area contributed by atoms with Crippen molar-refractivity contribution in [2.45, 2.75) is 44.9 Å². The van der Waals surface area contributed by atoms with E-state index in [1.54, 1.807) is 6.20 Å². The lowest BCUT2D eigenvalue weighted by atomic mass is 9.97. The molecule has 2 amide bonds. The van der Waals surface area contributed by atoms with Crippen molar-refractivity contribution in [1.29, 1.82) is 0 Å². The van der Waals surface area contributed by atoms with Crippen LogP contribution in [-0.2, 0) is 11.3 Å². The zero-order chi connectivity index (χ0) is 14.7. The smallest absolute Gasteiger partial charge is 0.317 e. The number of likely N-dealkylation sites (tertiary alicyclic amines) is 1. The highest BCUT2D eigenvalue weighted by molar-refractivity contribution is 5.74. The number of rotatable bonds is 3. The molecule has 1 aromatic heterocycles. The molecule has 2 atom stereocenters. The lowest BCUT2D eigenvalue weighted by Crippen LogP contribution is -2.49. The first kappa shape index (κ1) is 14.3. The van der Waals surface area contributed by atoms with Gasteiger partial charge in [-0.3, -0.25) is 4.68 Å². The Bertz CT molecular complexity index is 456. The van der Waals surface area contributed by atoms with Crippen LogP contribution in [0.25, 0.3) is 0 Å². The quantitative estimate of drug-likeness (QED) is 0.898. The molecule has 21 heavy (non-hydrogen) atoms. The fourth-order valence-corrected chi connectivity index (χ4v) is 3.08. The third kappa shape index (κ3) is 3.53. The van der Waals surface area contributed by atoms with E-state index < -0.39 is 0 Å². The zero-order valence-electron chi connectivity index (χ0n) is 12.4. The van der Waals surface area contributed by atoms with Gasteiger partial charge in [-0.2, -0.15) is 0 Å². The number of aromatic nitrogens is 3. The number of nitrogens with zero attached hydrogens (tertiary/aromatic N) is 4. The second-order valence-electron chi connectivity index (χ2n) is 5.98. The summed E-state index contributed by atoms with van der Waals surface area (Å²) in [5.41, 5.74) is 0. The van der Waals surface area contributed by atoms with Gasteiger partial charge in [0.05, 0.1) is 18.3 Å². The Morgan fingerprint density at radius 2 is 2.19 bits per heavy atom. The molecule has 0 saturated carbocycles. The summed E-state index contributed by atoms with van der Waals surface area (Å²) in [5.74, 6) is 0.574. The molecule has 7 nitrogen and oxygen atoms in total. The minimum Gasteiger partial charge on any atom is -0.376 e. The summed E-state index contributed by atoms with van der Waals surface area (Å²) in [4.78, 5) is 14.2. The van der Waals surface area contributed by atoms with Gasteiger partial charge in [0.1, 0.15) is 0 Å². The molecular formula is C14H23N5O2. The summed E-state index contributed by atoms with van der Waals surface area (Å²) in [6.07, 6.45) is 6.66. The average molecular weight is 293 g/mol. The van der Waals surface area contributed by atoms with Crippen LogP contribution < -0.4 is 5.32 Å². The van der Waals surface area contributed by atoms with Crippen molar-refractivity contribution in [3.8, 4) is 0 Å². The summed E-state index contributed by atoms with van der Waals surface area (Å²) >= 11 is 0. The summed E-state index contributed by atoms with van der Waals surface area (Å²) in [6.45, 7) is 5.28. The van der Waals surface area contributed by atoms with E-state index in [9.17, 15) is 4.79 Å². The van der Waals surface area contributed by atoms with Crippen LogP contribution in [0, 0.1) is 5.92 Å². The van der Waals surface area contributed by atoms with Crippen LogP contribution in [0.4, 0.5) is 4.79 Å². The molecule has 2 aliphatic rings. The van der Waals surface area contributed by atoms with Crippen molar-refractivity contribution in [3.63, 3.8) is 0 Å². The monoisotopic (exact) mass is 293 g/mol. The minimum absolute atomic E-state index is 0.0524. The van der Waals surface area contributed by atoms with Crippen LogP contribution in [0.3, 0.4) is 0 Å². The van der Waals surface area contributed by atoms with E-state index in [1.165, 1.54) is 0 Å². The third-order valence-corrected chi connectivity index (χ3v) is 4.50. The Balaban J connectivity index is 1.43. The molecule has 7 heteroatoms. The normalized spacial score (nSPS) is 27.0. The van der Waals surface area contributed by atoms with Gasteiger partial charge >= 0.3 is 6.03 Å². The van der Waals surface area contributed by atoms with Crippen LogP contribution in [0.1, 0.15) is 26.2 Å². The van der Waals surface area contributed by atoms with Crippen molar-refractivity contribution in [3.05, 3.63) is 12.4 Å². The van der Waals surface area contributed by atoms with Gasteiger partial charge in [0.15, 0.2) is 0 Å². The van der Waals surface area contributed by atoms with Crippen LogP contribution in [0.15, 0.2) is 12.4 Å². The highest BCUT2D eigenvalue weighted by Crippen LogP contribution is 2.19. The first-order valence-electron chi connectivity index (χ1n) is 7.73. The molecule has 2 fully saturated rings. The summed E-state index contributed by atoms with van der Waals surface area (Å²) in [6, 6.07) is 0.210. The Hall–Kier alpha value is -1.63. The molecule has 0 radical (unpaired) electrons. The summed E-state index contributed by atoms with van der Waals surface area (Å²) < 4.78 is 7.35. The molecule has 0 unspecified atom stereocenters. The van der Waals surface area contributed by atoms with Crippen molar-refractivity contribution < 1.29 is 9.53 Å². The fraction of sp³-hybridized carbons (Fsp3) is 0.786. The number of hydrogen-bond acceptors (Lipinski definition) is 4. The first-order chi connectivity index (χ1) is 10.2. The van der Waals surface area contributed by atoms with Crippen LogP contribution >= 0.6 is 0 Å². The largest absolute Gasteiger partial charge is 0.376 e. The number of urea groups is 1. The lowest BCUT2D eigenvalue weighted by Gasteiger charge is -2.33. The first-order valence-corrected chi connectivity index (χ1v) is 7.73. The van der Waals surface area contributed by atoms with Gasteiger partial charge < -0.3 is 15.0 Å². The maximum Gasteiger partial charge on any atom is 0.317 e. The van der Waals surface area contributed by atoms with Gasteiger partial charge in [0.25, 0.3) is 0 Å². The molecule has 1 N–H and O–H groups in total. The maximum absolute atomic E-state index is 12.3. The highest BCUT2D eigenvalue weighted by Gasteiger charge is 2.29. The summed E-state index contributed by atoms with van der Waals surface area (Å²) in [5, 5.41) is 10.9. The third-order valence-electron chi connectivity index (χ3n) is 4.50. The van der Waals surface area contributed by atoms with E-state index in [0.29, 0.717) is 5.92 Å². The number of amides is 2. The SMILES string of the molecule is C[C@H]1OCC[C@H]1NC(=O)N1CCC(Cn2ccnn2)CC1. The van der Waals surface area contributed by atoms with E-state index >= 15 is 0 Å². The topological polar surface area (TPSA) is 72.3 Å². The molecule has 1 aromatic rings. The van der Waals surface area contributed by atoms with Crippen molar-refractivity contribution >= 4 is 6.03 Å². The van der Waals surface area contributed by atoms with Crippen molar-refractivity contribution in [1.82, 2.24) is 25.2 Å². The molecule has 2 aliphatic heterocycles. The number of hydrogen-bond donors (Lipinski definition) is 1. The molecule has 2 saturated heterocycles. The summed E-state index contributed by atoms with van der Waals surface area (Å²) in [7, 11) is 0. The van der Waals surface area contributed by atoms with Crippen LogP contribution in [0.2, 0.25) is 0 Å². The number of nitrogens with one attached hydrogen (secondary N) is 1. The van der Waals surface area contributed by atoms with Gasteiger partial charge in [-0.1, -0.05) is 5.21 Å². The standard InChI is InChI=1S/C14H23N5O2/c1-11-13(4-9-21-11)16-14(20)18-6-2-12(3-7-18)10-19-8-5-15-17-19/h5,8,11-13H,2-4,6-7,9-10H2,1H3,(H,16,20)/t11-,13-/m1/s1. The van der Waals surface area contributed by atoms with E-state index in [0.717, 1.165) is 45.5 Å². The van der Waals surface area contributed by atoms with Gasteiger partial charge in [-0.25, -0.2) is 4.79 Å². The van der Waals surface area contributed by atoms with Crippen molar-refractivity contribution in [2.24, 2.45) is 5.92 Å². The Kier molecular flexibility index (Phi) is 4.38. The molecule has 0 aromatic carbocycles. The number of piperidine rings is 1. The maximum atomic E-state index is 12.3. The van der Waals surface area contributed by atoms with E-state index in [-0.39, 0.29) is 18.2 Å². The predicted molar refractivity (Wildman–Crippen MR) is 76.7 cm³/mol. The minimum atomic E-state index is 0.0524. The fourth-order valence-electron chi connectivity index (χ4n) is 3.08. The second kappa shape index (κ2) is 6.43. The van der Waals surface area contributed by atoms with Crippen LogP contribution in [0.5, 0.6) is 0 Å². The molecule has 0 spiro atoms. The molecule has 3 rings (SSSR count). The van der Waals surface area contributed by atoms with E-state index in [2.05, 4.69) is 15.6 Å². The van der Waals surface area contributed by atoms with Crippen LogP contribution in [-0.4, -0.2) is 57.8 Å². The van der Waals surface area contributed by atoms with Gasteiger partial charge in [-0.05, 0) is 32.1 Å². The van der Waals surface area contributed by atoms with Gasteiger partial charge in [0.2, 0.25) is 0 Å². The Labute approximate surface area is 124 Å². The molecule has 3 heterocycles. The van der Waals surface area contributed by atoms with Gasteiger partial charge in [0, 0.05) is 32.4 Å². The van der Waals surface area contributed by atoms with Crippen molar-refractivity contribution in [2.75, 3.05) is 19.7 Å². The number of carbonyl (C=O) groups excluding carboxylic acids is 1. The molecule has 0 aliphatic carbocycles. The Morgan fingerprint density at radius 1 is 1.38 bits per heavy atom. The zero-order valence-corrected chi connectivity index (χ0v) is 12.4. The average Bonchev–Trinajstić information content (AvgIpc) is 3.12. The lowest BCUT2D eigenvalue weighted by molar-refractivity contribution is 0.110. The number of ether oxygens (including phenoxy) is 1. The highest BCUT2D eigenvalue weighted by atomic mass is 16.5. The molecule has 0 bridgehead atoms. The molecule has 116 valence electrons. The molecular weight excluding hydrogens is 270 g/mol. The Morgan fingerprint density at radius 3 is 2.81 bits per heavy atom. The number of carbonyl (C=O) groups is 1. The predicted octanol–water partition coefficient (Wildman–Crippen LogP) is 0.877.